The van der Waals surface area contributed by atoms with Gasteiger partial charge in [0.1, 0.15) is 11.5 Å². The number of amides is 1. The fraction of sp³-hybridized carbons (Fsp3) is 0. The van der Waals surface area contributed by atoms with Crippen LogP contribution in [0.2, 0.25) is 0 Å². The number of rotatable bonds is 6. The first-order chi connectivity index (χ1) is 12.1. The van der Waals surface area contributed by atoms with Crippen molar-refractivity contribution in [3.63, 3.8) is 0 Å². The molecule has 0 aliphatic carbocycles. The van der Waals surface area contributed by atoms with Gasteiger partial charge in [-0.2, -0.15) is 0 Å². The van der Waals surface area contributed by atoms with Crippen molar-refractivity contribution in [3.8, 4) is 11.5 Å². The molecule has 1 heterocycles. The maximum Gasteiger partial charge on any atom is 0.544 e. The number of nitrogens with one attached hydrogen (secondary N) is 1. The molecule has 0 aliphatic heterocycles. The summed E-state index contributed by atoms with van der Waals surface area (Å²) in [6.45, 7) is 0. The minimum absolute atomic E-state index is 0.246. The van der Waals surface area contributed by atoms with Crippen LogP contribution in [0.3, 0.4) is 0 Å². The van der Waals surface area contributed by atoms with Gasteiger partial charge < -0.3 is 9.05 Å². The predicted molar refractivity (Wildman–Crippen MR) is 93.4 cm³/mol. The van der Waals surface area contributed by atoms with E-state index >= 15 is 0 Å². The fourth-order valence-corrected chi connectivity index (χ4v) is 3.30. The molecule has 126 valence electrons. The fourth-order valence-electron chi connectivity index (χ4n) is 1.99. The van der Waals surface area contributed by atoms with Crippen LogP contribution >= 0.6 is 7.75 Å². The van der Waals surface area contributed by atoms with Crippen molar-refractivity contribution >= 4 is 13.7 Å². The molecule has 0 fully saturated rings. The van der Waals surface area contributed by atoms with Gasteiger partial charge in [0.15, 0.2) is 0 Å². The van der Waals surface area contributed by atoms with Crippen LogP contribution < -0.4 is 14.1 Å². The van der Waals surface area contributed by atoms with E-state index in [0.717, 1.165) is 0 Å². The Labute approximate surface area is 145 Å². The maximum atomic E-state index is 13.1. The lowest BCUT2D eigenvalue weighted by Gasteiger charge is -2.20. The molecule has 0 atom stereocenters. The molecule has 6 nitrogen and oxygen atoms in total. The van der Waals surface area contributed by atoms with Crippen molar-refractivity contribution in [2.75, 3.05) is 0 Å². The van der Waals surface area contributed by atoms with E-state index in [-0.39, 0.29) is 5.56 Å². The van der Waals surface area contributed by atoms with E-state index in [0.29, 0.717) is 11.5 Å². The highest BCUT2D eigenvalue weighted by atomic mass is 31.2. The molecular weight excluding hydrogens is 339 g/mol. The summed E-state index contributed by atoms with van der Waals surface area (Å²) in [5.41, 5.74) is 0.246. The number of carbonyl (C=O) groups excluding carboxylic acids is 1. The highest BCUT2D eigenvalue weighted by molar-refractivity contribution is 7.53. The van der Waals surface area contributed by atoms with Gasteiger partial charge in [-0.15, -0.1) is 0 Å². The van der Waals surface area contributed by atoms with Crippen molar-refractivity contribution in [3.05, 3.63) is 90.8 Å². The summed E-state index contributed by atoms with van der Waals surface area (Å²) in [5, 5.41) is 2.34. The molecule has 1 aromatic heterocycles. The molecule has 7 heteroatoms. The van der Waals surface area contributed by atoms with Gasteiger partial charge in [0, 0.05) is 12.4 Å². The molecule has 0 aliphatic rings. The van der Waals surface area contributed by atoms with Crippen LogP contribution in [-0.2, 0) is 4.57 Å². The quantitative estimate of drug-likeness (QED) is 0.675. The monoisotopic (exact) mass is 354 g/mol. The second-order valence-corrected chi connectivity index (χ2v) is 6.57. The molecule has 0 bridgehead atoms. The lowest BCUT2D eigenvalue weighted by atomic mass is 10.3. The predicted octanol–water partition coefficient (Wildman–Crippen LogP) is 4.08. The zero-order valence-electron chi connectivity index (χ0n) is 13.1. The zero-order valence-corrected chi connectivity index (χ0v) is 14.0. The number of benzene rings is 2. The van der Waals surface area contributed by atoms with E-state index in [1.54, 1.807) is 72.8 Å². The highest BCUT2D eigenvalue weighted by Crippen LogP contribution is 2.44. The minimum Gasteiger partial charge on any atom is -0.400 e. The Bertz CT molecular complexity index is 828. The van der Waals surface area contributed by atoms with Crippen molar-refractivity contribution in [2.45, 2.75) is 0 Å². The van der Waals surface area contributed by atoms with Crippen LogP contribution in [0.5, 0.6) is 11.5 Å². The standard InChI is InChI=1S/C18H15N2O4P/c21-18(15-8-7-13-19-14-15)20-25(22,23-16-9-3-1-4-10-16)24-17-11-5-2-6-12-17/h1-14H,(H,20,21,22). The van der Waals surface area contributed by atoms with Crippen LogP contribution in [0.1, 0.15) is 10.4 Å². The summed E-state index contributed by atoms with van der Waals surface area (Å²) in [6, 6.07) is 20.2. The van der Waals surface area contributed by atoms with Crippen LogP contribution in [-0.4, -0.2) is 10.9 Å². The van der Waals surface area contributed by atoms with Gasteiger partial charge in [-0.25, -0.2) is 9.65 Å². The first-order valence-electron chi connectivity index (χ1n) is 7.47. The van der Waals surface area contributed by atoms with Gasteiger partial charge in [-0.05, 0) is 36.4 Å². The van der Waals surface area contributed by atoms with Gasteiger partial charge in [-0.1, -0.05) is 36.4 Å². The molecule has 1 amide bonds. The molecule has 3 rings (SSSR count). The Morgan fingerprint density at radius 2 is 1.40 bits per heavy atom. The van der Waals surface area contributed by atoms with Gasteiger partial charge in [0.25, 0.3) is 5.91 Å². The number of nitrogens with zero attached hydrogens (tertiary/aromatic N) is 1. The first kappa shape index (κ1) is 16.7. The van der Waals surface area contributed by atoms with Crippen molar-refractivity contribution < 1.29 is 18.4 Å². The van der Waals surface area contributed by atoms with E-state index in [4.69, 9.17) is 9.05 Å². The molecule has 1 N–H and O–H groups in total. The van der Waals surface area contributed by atoms with E-state index in [1.165, 1.54) is 12.4 Å². The molecule has 0 radical (unpaired) electrons. The highest BCUT2D eigenvalue weighted by Gasteiger charge is 2.32. The van der Waals surface area contributed by atoms with Crippen LogP contribution in [0.25, 0.3) is 0 Å². The van der Waals surface area contributed by atoms with Crippen molar-refractivity contribution in [1.29, 1.82) is 0 Å². The summed E-state index contributed by atoms with van der Waals surface area (Å²) < 4.78 is 24.1. The van der Waals surface area contributed by atoms with E-state index in [9.17, 15) is 9.36 Å². The lowest BCUT2D eigenvalue weighted by Crippen LogP contribution is -2.25. The number of carbonyl (C=O) groups is 1. The minimum atomic E-state index is -4.01. The maximum absolute atomic E-state index is 13.1. The third kappa shape index (κ3) is 4.68. The van der Waals surface area contributed by atoms with E-state index in [2.05, 4.69) is 10.1 Å². The van der Waals surface area contributed by atoms with Crippen LogP contribution in [0, 0.1) is 0 Å². The topological polar surface area (TPSA) is 77.5 Å². The van der Waals surface area contributed by atoms with Gasteiger partial charge in [0.2, 0.25) is 0 Å². The zero-order chi connectivity index (χ0) is 17.5. The second kappa shape index (κ2) is 7.64. The average molecular weight is 354 g/mol. The average Bonchev–Trinajstić information content (AvgIpc) is 2.64. The number of hydrogen-bond acceptors (Lipinski definition) is 5. The molecular formula is C18H15N2O4P. The molecule has 3 aromatic rings. The van der Waals surface area contributed by atoms with Crippen molar-refractivity contribution in [2.24, 2.45) is 0 Å². The summed E-state index contributed by atoms with van der Waals surface area (Å²) in [4.78, 5) is 16.2. The van der Waals surface area contributed by atoms with E-state index < -0.39 is 13.7 Å². The summed E-state index contributed by atoms with van der Waals surface area (Å²) >= 11 is 0. The number of para-hydroxylation sites is 2. The van der Waals surface area contributed by atoms with Gasteiger partial charge >= 0.3 is 7.75 Å². The SMILES string of the molecule is O=C(NP(=O)(Oc1ccccc1)Oc1ccccc1)c1cccnc1. The molecule has 0 saturated heterocycles. The second-order valence-electron chi connectivity index (χ2n) is 4.99. The molecule has 0 unspecified atom stereocenters. The number of hydrogen-bond donors (Lipinski definition) is 1. The summed E-state index contributed by atoms with van der Waals surface area (Å²) in [5.74, 6) is 0.0183. The molecule has 25 heavy (non-hydrogen) atoms. The van der Waals surface area contributed by atoms with E-state index in [1.807, 2.05) is 0 Å². The van der Waals surface area contributed by atoms with Crippen LogP contribution in [0.4, 0.5) is 0 Å². The smallest absolute Gasteiger partial charge is 0.400 e. The Balaban J connectivity index is 1.85. The Hall–Kier alpha value is -3.11. The first-order valence-corrected chi connectivity index (χ1v) is 9.01. The third-order valence-electron chi connectivity index (χ3n) is 3.10. The largest absolute Gasteiger partial charge is 0.544 e. The Morgan fingerprint density at radius 3 is 1.88 bits per heavy atom. The molecule has 2 aromatic carbocycles. The summed E-state index contributed by atoms with van der Waals surface area (Å²) in [6.07, 6.45) is 2.90. The molecule has 0 saturated carbocycles. The summed E-state index contributed by atoms with van der Waals surface area (Å²) in [7, 11) is -4.01. The number of pyridine rings is 1. The molecule has 0 spiro atoms. The Morgan fingerprint density at radius 1 is 0.840 bits per heavy atom. The third-order valence-corrected chi connectivity index (χ3v) is 4.48. The normalized spacial score (nSPS) is 10.7. The number of aromatic nitrogens is 1. The lowest BCUT2D eigenvalue weighted by molar-refractivity contribution is 0.0973. The van der Waals surface area contributed by atoms with Gasteiger partial charge in [-0.3, -0.25) is 9.78 Å². The Kier molecular flexibility index (Phi) is 5.11. The van der Waals surface area contributed by atoms with Crippen molar-refractivity contribution in [1.82, 2.24) is 10.1 Å². The van der Waals surface area contributed by atoms with Crippen LogP contribution in [0.15, 0.2) is 85.2 Å². The van der Waals surface area contributed by atoms with Gasteiger partial charge in [0.05, 0.1) is 5.56 Å².